The van der Waals surface area contributed by atoms with E-state index < -0.39 is 6.36 Å². The monoisotopic (exact) mass is 415 g/mol. The van der Waals surface area contributed by atoms with Gasteiger partial charge in [0.2, 0.25) is 0 Å². The third-order valence-corrected chi connectivity index (χ3v) is 5.10. The van der Waals surface area contributed by atoms with Crippen molar-refractivity contribution >= 4 is 16.8 Å². The van der Waals surface area contributed by atoms with E-state index in [0.717, 1.165) is 35.1 Å². The Bertz CT molecular complexity index is 1020. The maximum atomic E-state index is 12.7. The van der Waals surface area contributed by atoms with Gasteiger partial charge in [0, 0.05) is 49.9 Å². The molecule has 0 N–H and O–H groups in total. The molecule has 3 aromatic rings. The highest BCUT2D eigenvalue weighted by Gasteiger charge is 2.31. The van der Waals surface area contributed by atoms with Crippen molar-refractivity contribution in [3.8, 4) is 5.75 Å². The van der Waals surface area contributed by atoms with Gasteiger partial charge in [-0.1, -0.05) is 24.3 Å². The molecule has 1 aromatic heterocycles. The molecule has 0 aliphatic carbocycles. The van der Waals surface area contributed by atoms with Gasteiger partial charge in [0.15, 0.2) is 0 Å². The molecule has 0 spiro atoms. The van der Waals surface area contributed by atoms with E-state index >= 15 is 0 Å². The van der Waals surface area contributed by atoms with Crippen LogP contribution in [0.4, 0.5) is 13.2 Å². The Morgan fingerprint density at radius 2 is 1.67 bits per heavy atom. The van der Waals surface area contributed by atoms with E-state index in [1.807, 2.05) is 24.3 Å². The fourth-order valence-electron chi connectivity index (χ4n) is 3.63. The SMILES string of the molecule is O=C(c1ccc(OC(F)(F)F)cc1)N1CCN(Cc2cccc3cccnc23)CC1. The highest BCUT2D eigenvalue weighted by atomic mass is 19.4. The highest BCUT2D eigenvalue weighted by molar-refractivity contribution is 5.94. The van der Waals surface area contributed by atoms with Crippen LogP contribution in [0.2, 0.25) is 0 Å². The molecular weight excluding hydrogens is 395 g/mol. The molecule has 2 heterocycles. The van der Waals surface area contributed by atoms with E-state index in [4.69, 9.17) is 0 Å². The summed E-state index contributed by atoms with van der Waals surface area (Å²) in [6.07, 6.45) is -2.96. The first-order valence-electron chi connectivity index (χ1n) is 9.59. The number of para-hydroxylation sites is 1. The molecular formula is C22H20F3N3O2. The normalized spacial score (nSPS) is 15.4. The number of nitrogens with zero attached hydrogens (tertiary/aromatic N) is 3. The van der Waals surface area contributed by atoms with Gasteiger partial charge in [-0.3, -0.25) is 14.7 Å². The maximum absolute atomic E-state index is 12.7. The van der Waals surface area contributed by atoms with E-state index in [0.29, 0.717) is 31.7 Å². The van der Waals surface area contributed by atoms with Gasteiger partial charge >= 0.3 is 6.36 Å². The molecule has 2 aromatic carbocycles. The molecule has 0 unspecified atom stereocenters. The Labute approximate surface area is 171 Å². The predicted octanol–water partition coefficient (Wildman–Crippen LogP) is 4.09. The number of pyridine rings is 1. The molecule has 0 bridgehead atoms. The Morgan fingerprint density at radius 1 is 0.967 bits per heavy atom. The van der Waals surface area contributed by atoms with Crippen molar-refractivity contribution in [2.45, 2.75) is 12.9 Å². The summed E-state index contributed by atoms with van der Waals surface area (Å²) in [6, 6.07) is 15.1. The third-order valence-electron chi connectivity index (χ3n) is 5.10. The van der Waals surface area contributed by atoms with Crippen molar-refractivity contribution in [1.29, 1.82) is 0 Å². The minimum Gasteiger partial charge on any atom is -0.406 e. The number of hydrogen-bond acceptors (Lipinski definition) is 4. The first kappa shape index (κ1) is 20.2. The average molecular weight is 415 g/mol. The number of carbonyl (C=O) groups excluding carboxylic acids is 1. The lowest BCUT2D eigenvalue weighted by Gasteiger charge is -2.35. The number of hydrogen-bond donors (Lipinski definition) is 0. The van der Waals surface area contributed by atoms with Gasteiger partial charge < -0.3 is 9.64 Å². The van der Waals surface area contributed by atoms with Crippen molar-refractivity contribution < 1.29 is 22.7 Å². The van der Waals surface area contributed by atoms with Crippen LogP contribution in [0.5, 0.6) is 5.75 Å². The first-order chi connectivity index (χ1) is 14.4. The molecule has 5 nitrogen and oxygen atoms in total. The van der Waals surface area contributed by atoms with Crippen LogP contribution in [-0.4, -0.2) is 53.2 Å². The summed E-state index contributed by atoms with van der Waals surface area (Å²) in [7, 11) is 0. The number of benzene rings is 2. The summed E-state index contributed by atoms with van der Waals surface area (Å²) >= 11 is 0. The number of alkyl halides is 3. The Kier molecular flexibility index (Phi) is 5.59. The van der Waals surface area contributed by atoms with Crippen LogP contribution < -0.4 is 4.74 Å². The number of ether oxygens (including phenoxy) is 1. The lowest BCUT2D eigenvalue weighted by atomic mass is 10.1. The van der Waals surface area contributed by atoms with E-state index in [9.17, 15) is 18.0 Å². The second-order valence-electron chi connectivity index (χ2n) is 7.13. The van der Waals surface area contributed by atoms with E-state index in [1.54, 1.807) is 11.1 Å². The molecule has 0 atom stereocenters. The zero-order valence-corrected chi connectivity index (χ0v) is 16.1. The topological polar surface area (TPSA) is 45.7 Å². The van der Waals surface area contributed by atoms with Crippen LogP contribution in [0.25, 0.3) is 10.9 Å². The third kappa shape index (κ3) is 4.71. The largest absolute Gasteiger partial charge is 0.573 e. The molecule has 8 heteroatoms. The first-order valence-corrected chi connectivity index (χ1v) is 9.59. The van der Waals surface area contributed by atoms with Crippen molar-refractivity contribution in [2.75, 3.05) is 26.2 Å². The summed E-state index contributed by atoms with van der Waals surface area (Å²) in [5, 5.41) is 1.10. The number of aromatic nitrogens is 1. The molecule has 0 saturated carbocycles. The summed E-state index contributed by atoms with van der Waals surface area (Å²) in [6.45, 7) is 3.28. The summed E-state index contributed by atoms with van der Waals surface area (Å²) in [5.74, 6) is -0.535. The molecule has 1 fully saturated rings. The van der Waals surface area contributed by atoms with Gasteiger partial charge in [-0.2, -0.15) is 0 Å². The number of halogens is 3. The van der Waals surface area contributed by atoms with Crippen LogP contribution >= 0.6 is 0 Å². The molecule has 30 heavy (non-hydrogen) atoms. The van der Waals surface area contributed by atoms with Crippen LogP contribution in [-0.2, 0) is 6.54 Å². The molecule has 4 rings (SSSR count). The van der Waals surface area contributed by atoms with Gasteiger partial charge in [-0.15, -0.1) is 13.2 Å². The van der Waals surface area contributed by atoms with Crippen molar-refractivity contribution in [1.82, 2.24) is 14.8 Å². The van der Waals surface area contributed by atoms with Crippen molar-refractivity contribution in [3.05, 3.63) is 71.9 Å². The van der Waals surface area contributed by atoms with Gasteiger partial charge in [0.05, 0.1) is 5.52 Å². The Balaban J connectivity index is 1.35. The molecule has 156 valence electrons. The van der Waals surface area contributed by atoms with Gasteiger partial charge in [-0.05, 0) is 35.9 Å². The van der Waals surface area contributed by atoms with Crippen LogP contribution in [0.1, 0.15) is 15.9 Å². The van der Waals surface area contributed by atoms with Crippen LogP contribution in [0.15, 0.2) is 60.8 Å². The molecule has 1 saturated heterocycles. The summed E-state index contributed by atoms with van der Waals surface area (Å²) < 4.78 is 40.6. The minimum atomic E-state index is -4.75. The predicted molar refractivity (Wildman–Crippen MR) is 106 cm³/mol. The number of piperazine rings is 1. The van der Waals surface area contributed by atoms with Crippen molar-refractivity contribution in [3.63, 3.8) is 0 Å². The second kappa shape index (κ2) is 8.31. The number of rotatable bonds is 4. The zero-order valence-electron chi connectivity index (χ0n) is 16.1. The standard InChI is InChI=1S/C22H20F3N3O2/c23-22(24,25)30-19-8-6-17(7-9-19)21(29)28-13-11-27(12-14-28)15-18-4-1-3-16-5-2-10-26-20(16)18/h1-10H,11-15H2. The maximum Gasteiger partial charge on any atom is 0.573 e. The average Bonchev–Trinajstić information content (AvgIpc) is 2.73. The van der Waals surface area contributed by atoms with Crippen LogP contribution in [0.3, 0.4) is 0 Å². The minimum absolute atomic E-state index is 0.194. The smallest absolute Gasteiger partial charge is 0.406 e. The van der Waals surface area contributed by atoms with Gasteiger partial charge in [-0.25, -0.2) is 0 Å². The number of carbonyl (C=O) groups is 1. The lowest BCUT2D eigenvalue weighted by molar-refractivity contribution is -0.274. The van der Waals surface area contributed by atoms with Crippen LogP contribution in [0, 0.1) is 0 Å². The molecule has 1 aliphatic rings. The van der Waals surface area contributed by atoms with E-state index in [1.165, 1.54) is 12.1 Å². The van der Waals surface area contributed by atoms with E-state index in [2.05, 4.69) is 20.7 Å². The zero-order chi connectivity index (χ0) is 21.1. The quantitative estimate of drug-likeness (QED) is 0.644. The summed E-state index contributed by atoms with van der Waals surface area (Å²) in [5.41, 5.74) is 2.48. The fraction of sp³-hybridized carbons (Fsp3) is 0.273. The summed E-state index contributed by atoms with van der Waals surface area (Å²) in [4.78, 5) is 21.1. The Morgan fingerprint density at radius 3 is 2.37 bits per heavy atom. The van der Waals surface area contributed by atoms with Gasteiger partial charge in [0.25, 0.3) is 5.91 Å². The second-order valence-corrected chi connectivity index (χ2v) is 7.13. The number of amides is 1. The lowest BCUT2D eigenvalue weighted by Crippen LogP contribution is -2.48. The molecule has 1 aliphatic heterocycles. The van der Waals surface area contributed by atoms with Gasteiger partial charge in [0.1, 0.15) is 5.75 Å². The highest BCUT2D eigenvalue weighted by Crippen LogP contribution is 2.23. The van der Waals surface area contributed by atoms with Crippen molar-refractivity contribution in [2.24, 2.45) is 0 Å². The molecule has 1 amide bonds. The van der Waals surface area contributed by atoms with E-state index in [-0.39, 0.29) is 11.7 Å². The molecule has 0 radical (unpaired) electrons. The Hall–Kier alpha value is -3.13. The number of fused-ring (bicyclic) bond motifs is 1. The fourth-order valence-corrected chi connectivity index (χ4v) is 3.63.